The molecular weight excluding hydrogens is 412 g/mol. The highest BCUT2D eigenvalue weighted by molar-refractivity contribution is 8.27. The molecule has 0 aromatic carbocycles. The third-order valence-corrected chi connectivity index (χ3v) is 7.47. The zero-order valence-corrected chi connectivity index (χ0v) is 16.5. The van der Waals surface area contributed by atoms with E-state index in [1.807, 2.05) is 0 Å². The van der Waals surface area contributed by atoms with Crippen LogP contribution in [0, 0.1) is 0 Å². The van der Waals surface area contributed by atoms with Crippen molar-refractivity contribution in [2.75, 3.05) is 0 Å². The summed E-state index contributed by atoms with van der Waals surface area (Å²) in [6.07, 6.45) is 3.09. The van der Waals surface area contributed by atoms with Crippen LogP contribution in [0.4, 0.5) is 0 Å². The molecule has 0 aliphatic carbocycles. The minimum absolute atomic E-state index is 0.190. The van der Waals surface area contributed by atoms with Crippen LogP contribution in [0.2, 0.25) is 0 Å². The summed E-state index contributed by atoms with van der Waals surface area (Å²) >= 11 is 13.1. The van der Waals surface area contributed by atoms with E-state index in [1.165, 1.54) is 33.3 Å². The molecule has 4 rings (SSSR count). The molecule has 26 heavy (non-hydrogen) atoms. The summed E-state index contributed by atoms with van der Waals surface area (Å²) in [5, 5.41) is -1.18. The van der Waals surface area contributed by atoms with Gasteiger partial charge >= 0.3 is 0 Å². The van der Waals surface area contributed by atoms with E-state index in [4.69, 9.17) is 33.3 Å². The zero-order valence-electron chi connectivity index (χ0n) is 13.2. The summed E-state index contributed by atoms with van der Waals surface area (Å²) in [6.45, 7) is 0.528. The first-order chi connectivity index (χ1) is 12.5. The Bertz CT molecular complexity index is 793. The summed E-state index contributed by atoms with van der Waals surface area (Å²) in [5.74, 6) is 0.902. The topological polar surface area (TPSA) is 66.9 Å². The summed E-state index contributed by atoms with van der Waals surface area (Å²) in [4.78, 5) is 28.6. The minimum Gasteiger partial charge on any atom is -0.467 e. The molecule has 2 aromatic heterocycles. The molecule has 10 heteroatoms. The first kappa shape index (κ1) is 17.8. The van der Waals surface area contributed by atoms with Gasteiger partial charge in [-0.3, -0.25) is 19.4 Å². The van der Waals surface area contributed by atoms with Crippen molar-refractivity contribution in [2.45, 2.75) is 23.6 Å². The number of nitrogens with zero attached hydrogens (tertiary/aromatic N) is 2. The molecule has 2 aliphatic heterocycles. The van der Waals surface area contributed by atoms with Gasteiger partial charge in [-0.15, -0.1) is 0 Å². The summed E-state index contributed by atoms with van der Waals surface area (Å²) in [7, 11) is 0. The average molecular weight is 425 g/mol. The molecule has 2 aromatic rings. The van der Waals surface area contributed by atoms with Crippen molar-refractivity contribution < 1.29 is 18.4 Å². The lowest BCUT2D eigenvalue weighted by atomic mass is 10.2. The van der Waals surface area contributed by atoms with Gasteiger partial charge in [-0.25, -0.2) is 0 Å². The van der Waals surface area contributed by atoms with E-state index in [0.717, 1.165) is 0 Å². The molecule has 2 atom stereocenters. The molecule has 4 heterocycles. The van der Waals surface area contributed by atoms with Crippen LogP contribution < -0.4 is 0 Å². The maximum atomic E-state index is 12.8. The fraction of sp³-hybridized carbons (Fsp3) is 0.250. The summed E-state index contributed by atoms with van der Waals surface area (Å²) in [6, 6.07) is 7.07. The van der Waals surface area contributed by atoms with Crippen LogP contribution in [-0.4, -0.2) is 40.8 Å². The molecule has 2 amide bonds. The fourth-order valence-electron chi connectivity index (χ4n) is 2.72. The monoisotopic (exact) mass is 424 g/mol. The molecule has 0 N–H and O–H groups in total. The van der Waals surface area contributed by atoms with E-state index in [9.17, 15) is 9.59 Å². The molecular formula is C16H12N2O4S4. The Balaban J connectivity index is 1.49. The average Bonchev–Trinajstić information content (AvgIpc) is 3.39. The van der Waals surface area contributed by atoms with Crippen LogP contribution >= 0.6 is 48.0 Å². The van der Waals surface area contributed by atoms with Gasteiger partial charge in [-0.2, -0.15) is 0 Å². The SMILES string of the molecule is O=C1[C@H]([C@@H]2SC(=S)N(Cc3ccco3)C2=O)SC(=S)N1Cc1ccco1. The summed E-state index contributed by atoms with van der Waals surface area (Å²) in [5.41, 5.74) is 0. The highest BCUT2D eigenvalue weighted by atomic mass is 32.2. The molecule has 2 saturated heterocycles. The largest absolute Gasteiger partial charge is 0.467 e. The van der Waals surface area contributed by atoms with E-state index in [0.29, 0.717) is 20.2 Å². The Hall–Kier alpha value is -1.62. The van der Waals surface area contributed by atoms with E-state index in [1.54, 1.807) is 36.8 Å². The number of hydrogen-bond donors (Lipinski definition) is 0. The molecule has 0 unspecified atom stereocenters. The van der Waals surface area contributed by atoms with Crippen molar-refractivity contribution in [3.8, 4) is 0 Å². The highest BCUT2D eigenvalue weighted by Crippen LogP contribution is 2.40. The Labute approximate surface area is 168 Å². The van der Waals surface area contributed by atoms with Gasteiger partial charge < -0.3 is 8.83 Å². The second kappa shape index (κ2) is 7.18. The lowest BCUT2D eigenvalue weighted by Crippen LogP contribution is -2.40. The molecule has 2 aliphatic rings. The molecule has 6 nitrogen and oxygen atoms in total. The van der Waals surface area contributed by atoms with Gasteiger partial charge in [0.2, 0.25) is 11.8 Å². The van der Waals surface area contributed by atoms with Crippen LogP contribution in [0.1, 0.15) is 11.5 Å². The molecule has 0 radical (unpaired) electrons. The number of thioether (sulfide) groups is 2. The van der Waals surface area contributed by atoms with Gasteiger partial charge in [-0.1, -0.05) is 48.0 Å². The predicted octanol–water partition coefficient (Wildman–Crippen LogP) is 3.03. The summed E-state index contributed by atoms with van der Waals surface area (Å²) < 4.78 is 11.5. The molecule has 0 saturated carbocycles. The normalized spacial score (nSPS) is 23.5. The first-order valence-corrected chi connectivity index (χ1v) is 10.2. The van der Waals surface area contributed by atoms with Gasteiger partial charge in [0.25, 0.3) is 0 Å². The maximum Gasteiger partial charge on any atom is 0.243 e. The van der Waals surface area contributed by atoms with Gasteiger partial charge in [0.05, 0.1) is 25.6 Å². The number of carbonyl (C=O) groups excluding carboxylic acids is 2. The Morgan fingerprint density at radius 1 is 0.846 bits per heavy atom. The molecule has 2 fully saturated rings. The fourth-order valence-corrected chi connectivity index (χ4v) is 5.92. The first-order valence-electron chi connectivity index (χ1n) is 7.63. The number of hydrogen-bond acceptors (Lipinski definition) is 8. The zero-order chi connectivity index (χ0) is 18.3. The molecule has 0 bridgehead atoms. The number of carbonyl (C=O) groups is 2. The predicted molar refractivity (Wildman–Crippen MR) is 106 cm³/mol. The smallest absolute Gasteiger partial charge is 0.243 e. The Morgan fingerprint density at radius 2 is 1.27 bits per heavy atom. The molecule has 0 spiro atoms. The minimum atomic E-state index is -0.588. The van der Waals surface area contributed by atoms with Crippen LogP contribution in [-0.2, 0) is 22.7 Å². The second-order valence-electron chi connectivity index (χ2n) is 5.62. The number of rotatable bonds is 5. The van der Waals surface area contributed by atoms with Gasteiger partial charge in [0.1, 0.15) is 30.7 Å². The van der Waals surface area contributed by atoms with Gasteiger partial charge in [-0.05, 0) is 24.3 Å². The number of furan rings is 2. The molecule has 134 valence electrons. The van der Waals surface area contributed by atoms with E-state index in [2.05, 4.69) is 0 Å². The van der Waals surface area contributed by atoms with Gasteiger partial charge in [0.15, 0.2) is 0 Å². The van der Waals surface area contributed by atoms with E-state index < -0.39 is 10.5 Å². The van der Waals surface area contributed by atoms with Crippen molar-refractivity contribution in [1.82, 2.24) is 9.80 Å². The van der Waals surface area contributed by atoms with Crippen LogP contribution in [0.5, 0.6) is 0 Å². The van der Waals surface area contributed by atoms with Crippen molar-refractivity contribution in [3.05, 3.63) is 48.3 Å². The Morgan fingerprint density at radius 3 is 1.62 bits per heavy atom. The van der Waals surface area contributed by atoms with Crippen molar-refractivity contribution in [1.29, 1.82) is 0 Å². The van der Waals surface area contributed by atoms with Crippen LogP contribution in [0.3, 0.4) is 0 Å². The van der Waals surface area contributed by atoms with E-state index >= 15 is 0 Å². The standard InChI is InChI=1S/C16H12N2O4S4/c19-13-11(25-15(23)17(13)7-9-3-1-5-21-9)12-14(20)18(16(24)26-12)8-10-4-2-6-22-10/h1-6,11-12H,7-8H2/t11-,12-/m0/s1. The van der Waals surface area contributed by atoms with Crippen LogP contribution in [0.25, 0.3) is 0 Å². The van der Waals surface area contributed by atoms with Crippen molar-refractivity contribution in [2.24, 2.45) is 0 Å². The third-order valence-electron chi connectivity index (χ3n) is 3.98. The van der Waals surface area contributed by atoms with E-state index in [-0.39, 0.29) is 24.9 Å². The lowest BCUT2D eigenvalue weighted by molar-refractivity contribution is -0.131. The Kier molecular flexibility index (Phi) is 4.91. The third kappa shape index (κ3) is 3.22. The second-order valence-corrected chi connectivity index (χ2v) is 9.17. The highest BCUT2D eigenvalue weighted by Gasteiger charge is 2.50. The number of amides is 2. The van der Waals surface area contributed by atoms with Gasteiger partial charge in [0, 0.05) is 0 Å². The quantitative estimate of drug-likeness (QED) is 0.679. The number of thiocarbonyl (C=S) groups is 2. The van der Waals surface area contributed by atoms with Crippen molar-refractivity contribution >= 4 is 68.4 Å². The maximum absolute atomic E-state index is 12.8. The van der Waals surface area contributed by atoms with Crippen LogP contribution in [0.15, 0.2) is 45.6 Å². The lowest BCUT2D eigenvalue weighted by Gasteiger charge is -2.16. The van der Waals surface area contributed by atoms with Crippen molar-refractivity contribution in [3.63, 3.8) is 0 Å².